The second-order valence-corrected chi connectivity index (χ2v) is 4.11. The van der Waals surface area contributed by atoms with Crippen LogP contribution in [-0.2, 0) is 9.84 Å². The highest BCUT2D eigenvalue weighted by Gasteiger charge is 1.90. The van der Waals surface area contributed by atoms with E-state index in [4.69, 9.17) is 0 Å². The lowest BCUT2D eigenvalue weighted by Gasteiger charge is -1.85. The normalized spacial score (nSPS) is 10.1. The van der Waals surface area contributed by atoms with Gasteiger partial charge in [-0.1, -0.05) is 24.1 Å². The van der Waals surface area contributed by atoms with E-state index < -0.39 is 9.84 Å². The molecule has 0 unspecified atom stereocenters. The molecule has 0 amide bonds. The minimum absolute atomic E-state index is 0.711. The van der Waals surface area contributed by atoms with Crippen LogP contribution < -0.4 is 0 Å². The first-order chi connectivity index (χ1) is 5.58. The van der Waals surface area contributed by atoms with Crippen molar-refractivity contribution in [2.75, 3.05) is 6.26 Å². The lowest BCUT2D eigenvalue weighted by Crippen LogP contribution is -1.88. The third kappa shape index (κ3) is 3.22. The fourth-order valence-electron chi connectivity index (χ4n) is 0.673. The van der Waals surface area contributed by atoms with Crippen LogP contribution in [0, 0.1) is 11.2 Å². The summed E-state index contributed by atoms with van der Waals surface area (Å²) < 4.78 is 21.3. The van der Waals surface area contributed by atoms with E-state index in [-0.39, 0.29) is 0 Å². The second-order valence-electron chi connectivity index (χ2n) is 2.37. The predicted molar refractivity (Wildman–Crippen MR) is 48.2 cm³/mol. The summed E-state index contributed by atoms with van der Waals surface area (Å²) in [4.78, 5) is 0. The van der Waals surface area contributed by atoms with Crippen molar-refractivity contribution in [2.45, 2.75) is 0 Å². The molecule has 0 aliphatic heterocycles. The maximum absolute atomic E-state index is 10.6. The molecule has 1 aromatic rings. The standard InChI is InChI=1S/C9H8O2S/c1-12(10,11)8-7-9-5-3-2-4-6-9/h2-6H,1H3. The topological polar surface area (TPSA) is 34.1 Å². The van der Waals surface area contributed by atoms with E-state index in [2.05, 4.69) is 11.2 Å². The third-order valence-electron chi connectivity index (χ3n) is 1.15. The van der Waals surface area contributed by atoms with Gasteiger partial charge in [0.25, 0.3) is 0 Å². The summed E-state index contributed by atoms with van der Waals surface area (Å²) in [5.74, 6) is 2.55. The van der Waals surface area contributed by atoms with Crippen molar-refractivity contribution in [3.05, 3.63) is 35.9 Å². The number of rotatable bonds is 0. The SMILES string of the molecule is CS(=O)(=O)C#Cc1ccccc1. The Labute approximate surface area is 72.2 Å². The number of benzene rings is 1. The zero-order valence-corrected chi connectivity index (χ0v) is 7.43. The zero-order chi connectivity index (χ0) is 9.03. The molecule has 0 aliphatic rings. The highest BCUT2D eigenvalue weighted by Crippen LogP contribution is 1.94. The Kier molecular flexibility index (Phi) is 2.51. The van der Waals surface area contributed by atoms with Crippen LogP contribution in [0.3, 0.4) is 0 Å². The Bertz CT molecular complexity index is 407. The molecule has 0 bridgehead atoms. The summed E-state index contributed by atoms with van der Waals surface area (Å²) in [5, 5.41) is 2.16. The van der Waals surface area contributed by atoms with Crippen LogP contribution >= 0.6 is 0 Å². The minimum Gasteiger partial charge on any atom is -0.216 e. The minimum atomic E-state index is -3.18. The molecular weight excluding hydrogens is 172 g/mol. The smallest absolute Gasteiger partial charge is 0.214 e. The third-order valence-corrected chi connectivity index (χ3v) is 1.63. The molecule has 0 saturated carbocycles. The molecule has 0 radical (unpaired) electrons. The Morgan fingerprint density at radius 1 is 1.17 bits per heavy atom. The molecule has 1 aromatic carbocycles. The molecule has 3 heteroatoms. The number of hydrogen-bond donors (Lipinski definition) is 0. The largest absolute Gasteiger partial charge is 0.216 e. The fourth-order valence-corrected chi connectivity index (χ4v) is 0.976. The van der Waals surface area contributed by atoms with E-state index in [9.17, 15) is 8.42 Å². The Morgan fingerprint density at radius 2 is 1.75 bits per heavy atom. The number of hydrogen-bond acceptors (Lipinski definition) is 2. The van der Waals surface area contributed by atoms with Crippen LogP contribution in [0.1, 0.15) is 5.56 Å². The highest BCUT2D eigenvalue weighted by atomic mass is 32.2. The van der Waals surface area contributed by atoms with Gasteiger partial charge in [0.1, 0.15) is 0 Å². The lowest BCUT2D eigenvalue weighted by atomic mass is 10.2. The van der Waals surface area contributed by atoms with Crippen LogP contribution in [0.25, 0.3) is 0 Å². The van der Waals surface area contributed by atoms with E-state index in [0.717, 1.165) is 6.26 Å². The van der Waals surface area contributed by atoms with Crippen LogP contribution in [0.2, 0.25) is 0 Å². The first-order valence-corrected chi connectivity index (χ1v) is 5.25. The summed E-state index contributed by atoms with van der Waals surface area (Å²) in [7, 11) is -3.18. The molecule has 0 saturated heterocycles. The van der Waals surface area contributed by atoms with Crippen molar-refractivity contribution >= 4 is 9.84 Å². The molecule has 0 atom stereocenters. The Balaban J connectivity index is 2.96. The van der Waals surface area contributed by atoms with Crippen molar-refractivity contribution in [1.82, 2.24) is 0 Å². The van der Waals surface area contributed by atoms with Gasteiger partial charge in [-0.15, -0.1) is 0 Å². The Hall–Kier alpha value is -1.27. The molecule has 62 valence electrons. The monoisotopic (exact) mass is 180 g/mol. The molecular formula is C9H8O2S. The van der Waals surface area contributed by atoms with Gasteiger partial charge in [-0.05, 0) is 12.1 Å². The maximum Gasteiger partial charge on any atom is 0.214 e. The molecule has 0 fully saturated rings. The first-order valence-electron chi connectivity index (χ1n) is 3.36. The average molecular weight is 180 g/mol. The lowest BCUT2D eigenvalue weighted by molar-refractivity contribution is 0.611. The van der Waals surface area contributed by atoms with Crippen LogP contribution in [0.15, 0.2) is 30.3 Å². The van der Waals surface area contributed by atoms with E-state index in [1.165, 1.54) is 0 Å². The highest BCUT2D eigenvalue weighted by molar-refractivity contribution is 7.95. The molecule has 1 rings (SSSR count). The molecule has 0 spiro atoms. The molecule has 0 N–H and O–H groups in total. The van der Waals surface area contributed by atoms with Gasteiger partial charge in [-0.3, -0.25) is 0 Å². The van der Waals surface area contributed by atoms with Crippen molar-refractivity contribution in [1.29, 1.82) is 0 Å². The summed E-state index contributed by atoms with van der Waals surface area (Å²) in [6.45, 7) is 0. The van der Waals surface area contributed by atoms with Gasteiger partial charge in [0, 0.05) is 10.8 Å². The van der Waals surface area contributed by atoms with Gasteiger partial charge in [0.05, 0.1) is 6.26 Å². The number of sulfone groups is 1. The summed E-state index contributed by atoms with van der Waals surface area (Å²) in [6.07, 6.45) is 1.09. The predicted octanol–water partition coefficient (Wildman–Crippen LogP) is 1.04. The van der Waals surface area contributed by atoms with Gasteiger partial charge in [-0.25, -0.2) is 8.42 Å². The van der Waals surface area contributed by atoms with Gasteiger partial charge in [0.2, 0.25) is 9.84 Å². The van der Waals surface area contributed by atoms with E-state index in [1.807, 2.05) is 18.2 Å². The van der Waals surface area contributed by atoms with Crippen LogP contribution in [0.5, 0.6) is 0 Å². The zero-order valence-electron chi connectivity index (χ0n) is 6.61. The summed E-state index contributed by atoms with van der Waals surface area (Å²) in [6, 6.07) is 9.00. The quantitative estimate of drug-likeness (QED) is 0.559. The first kappa shape index (κ1) is 8.82. The van der Waals surface area contributed by atoms with Gasteiger partial charge >= 0.3 is 0 Å². The molecule has 0 aliphatic carbocycles. The maximum atomic E-state index is 10.6. The van der Waals surface area contributed by atoms with Gasteiger partial charge in [0.15, 0.2) is 0 Å². The van der Waals surface area contributed by atoms with Gasteiger partial charge in [-0.2, -0.15) is 0 Å². The van der Waals surface area contributed by atoms with Gasteiger partial charge < -0.3 is 0 Å². The fraction of sp³-hybridized carbons (Fsp3) is 0.111. The van der Waals surface area contributed by atoms with E-state index in [0.29, 0.717) is 5.56 Å². The molecule has 0 aromatic heterocycles. The average Bonchev–Trinajstić information content (AvgIpc) is 2.02. The van der Waals surface area contributed by atoms with E-state index in [1.54, 1.807) is 12.1 Å². The second kappa shape index (κ2) is 3.42. The summed E-state index contributed by atoms with van der Waals surface area (Å²) in [5.41, 5.74) is 0.711. The Morgan fingerprint density at radius 3 is 2.25 bits per heavy atom. The van der Waals surface area contributed by atoms with Crippen LogP contribution in [0.4, 0.5) is 0 Å². The summed E-state index contributed by atoms with van der Waals surface area (Å²) >= 11 is 0. The van der Waals surface area contributed by atoms with Crippen molar-refractivity contribution in [3.8, 4) is 11.2 Å². The van der Waals surface area contributed by atoms with Crippen LogP contribution in [-0.4, -0.2) is 14.7 Å². The van der Waals surface area contributed by atoms with Crippen molar-refractivity contribution in [3.63, 3.8) is 0 Å². The molecule has 2 nitrogen and oxygen atoms in total. The molecule has 12 heavy (non-hydrogen) atoms. The molecule has 0 heterocycles. The van der Waals surface area contributed by atoms with Crippen molar-refractivity contribution in [2.24, 2.45) is 0 Å². The van der Waals surface area contributed by atoms with E-state index >= 15 is 0 Å². The van der Waals surface area contributed by atoms with Crippen molar-refractivity contribution < 1.29 is 8.42 Å².